The van der Waals surface area contributed by atoms with E-state index in [0.29, 0.717) is 31.4 Å². The summed E-state index contributed by atoms with van der Waals surface area (Å²) in [4.78, 5) is 168. The number of unbranched alkanes of at least 4 members (excludes halogenated alkanes) is 1. The Morgan fingerprint density at radius 1 is 0.649 bits per heavy atom. The minimum atomic E-state index is -1.83. The van der Waals surface area contributed by atoms with Crippen LogP contribution in [0.15, 0.2) is 30.3 Å². The van der Waals surface area contributed by atoms with Crippen molar-refractivity contribution in [1.29, 1.82) is 0 Å². The van der Waals surface area contributed by atoms with Crippen LogP contribution in [0.2, 0.25) is 0 Å². The van der Waals surface area contributed by atoms with Crippen LogP contribution in [-0.2, 0) is 68.7 Å². The summed E-state index contributed by atoms with van der Waals surface area (Å²) in [5.41, 5.74) is 22.2. The average molecular weight is 1050 g/mol. The molecule has 28 heteroatoms. The Balaban J connectivity index is 2.19. The maximum atomic E-state index is 13.9. The summed E-state index contributed by atoms with van der Waals surface area (Å²) >= 11 is 0. The normalized spacial score (nSPS) is 16.3. The van der Waals surface area contributed by atoms with E-state index >= 15 is 0 Å². The van der Waals surface area contributed by atoms with Crippen molar-refractivity contribution in [3.63, 3.8) is 0 Å². The highest BCUT2D eigenvalue weighted by Gasteiger charge is 2.40. The highest BCUT2D eigenvalue weighted by molar-refractivity contribution is 5.99. The summed E-state index contributed by atoms with van der Waals surface area (Å²) in [5, 5.41) is 38.2. The molecule has 2 rings (SSSR count). The van der Waals surface area contributed by atoms with Gasteiger partial charge in [-0.05, 0) is 70.4 Å². The van der Waals surface area contributed by atoms with Crippen molar-refractivity contribution in [3.8, 4) is 0 Å². The van der Waals surface area contributed by atoms with Gasteiger partial charge in [-0.2, -0.15) is 0 Å². The van der Waals surface area contributed by atoms with Crippen molar-refractivity contribution in [3.05, 3.63) is 35.9 Å². The van der Waals surface area contributed by atoms with Gasteiger partial charge in [0.25, 0.3) is 0 Å². The molecule has 1 aliphatic heterocycles. The van der Waals surface area contributed by atoms with Gasteiger partial charge in [0.05, 0.1) is 25.4 Å². The Labute approximate surface area is 426 Å². The quantitative estimate of drug-likeness (QED) is 0.0300. The first kappa shape index (κ1) is 62.4. The van der Waals surface area contributed by atoms with Crippen LogP contribution in [0.4, 0.5) is 0 Å². The third kappa shape index (κ3) is 21.5. The van der Waals surface area contributed by atoms with Crippen molar-refractivity contribution in [1.82, 2.24) is 47.4 Å². The van der Waals surface area contributed by atoms with Crippen LogP contribution in [0.3, 0.4) is 0 Å². The molecule has 1 saturated heterocycles. The van der Waals surface area contributed by atoms with E-state index in [9.17, 15) is 72.5 Å². The fraction of sp³-hybridized carbons (Fsp3) is 0.587. The molecule has 9 atom stereocenters. The number of likely N-dealkylation sites (tertiary alicyclic amines) is 1. The third-order valence-corrected chi connectivity index (χ3v) is 11.6. The molecule has 1 aromatic carbocycles. The molecule has 18 N–H and O–H groups in total. The number of rotatable bonds is 32. The van der Waals surface area contributed by atoms with Crippen LogP contribution in [0, 0.1) is 5.92 Å². The second-order valence-electron chi connectivity index (χ2n) is 18.1. The fourth-order valence-electron chi connectivity index (χ4n) is 7.50. The van der Waals surface area contributed by atoms with Crippen LogP contribution in [0.5, 0.6) is 0 Å². The first-order chi connectivity index (χ1) is 34.7. The zero-order chi connectivity index (χ0) is 55.8. The molecule has 0 spiro atoms. The summed E-state index contributed by atoms with van der Waals surface area (Å²) in [6, 6.07) is -4.34. The van der Waals surface area contributed by atoms with Crippen molar-refractivity contribution in [2.75, 3.05) is 19.6 Å². The number of carbonyl (C=O) groups is 13. The summed E-state index contributed by atoms with van der Waals surface area (Å²) in [7, 11) is 0. The van der Waals surface area contributed by atoms with E-state index in [1.807, 2.05) is 0 Å². The maximum Gasteiger partial charge on any atom is 0.326 e. The number of primary amides is 2. The molecule has 410 valence electrons. The molecule has 1 aromatic rings. The van der Waals surface area contributed by atoms with E-state index in [-0.39, 0.29) is 38.6 Å². The van der Waals surface area contributed by atoms with Gasteiger partial charge in [-0.15, -0.1) is 0 Å². The number of benzene rings is 1. The van der Waals surface area contributed by atoms with Gasteiger partial charge in [0, 0.05) is 19.4 Å². The van der Waals surface area contributed by atoms with E-state index in [2.05, 4.69) is 42.5 Å². The number of carboxylic acid groups (broad SMARTS) is 2. The number of hydrogen-bond donors (Lipinski definition) is 14. The lowest BCUT2D eigenvalue weighted by molar-refractivity contribution is -0.143. The molecule has 74 heavy (non-hydrogen) atoms. The van der Waals surface area contributed by atoms with E-state index < -0.39 is 157 Å². The Morgan fingerprint density at radius 2 is 1.26 bits per heavy atom. The SMILES string of the molecule is CC(C)[C@H](NC(=O)[C@H](CC(=O)O)NC(=O)[C@H](Cc1ccccc1)NC(=O)[C@H](C)NC(=O)[C@@H](N)CCC(N)=O)C(=O)N[C@@H](C)C(=O)N1CCC[C@H]1C(=O)N[C@@H](CC(N)=O)C(=O)NCC(=O)N[C@@H](CCCCN)C(=O)O. The van der Waals surface area contributed by atoms with Gasteiger partial charge in [-0.1, -0.05) is 44.2 Å². The van der Waals surface area contributed by atoms with Crippen LogP contribution in [0.25, 0.3) is 0 Å². The average Bonchev–Trinajstić information content (AvgIpc) is 3.83. The molecule has 28 nitrogen and oxygen atoms in total. The van der Waals surface area contributed by atoms with E-state index in [0.717, 1.165) is 4.90 Å². The molecular formula is C46H71N13O15. The van der Waals surface area contributed by atoms with E-state index in [1.165, 1.54) is 27.7 Å². The fourth-order valence-corrected chi connectivity index (χ4v) is 7.50. The van der Waals surface area contributed by atoms with Crippen LogP contribution >= 0.6 is 0 Å². The van der Waals surface area contributed by atoms with Gasteiger partial charge in [-0.3, -0.25) is 57.5 Å². The van der Waals surface area contributed by atoms with Gasteiger partial charge >= 0.3 is 11.9 Å². The summed E-state index contributed by atoms with van der Waals surface area (Å²) in [6.45, 7) is 5.27. The minimum Gasteiger partial charge on any atom is -0.481 e. The lowest BCUT2D eigenvalue weighted by Crippen LogP contribution is -2.61. The summed E-state index contributed by atoms with van der Waals surface area (Å²) < 4.78 is 0. The van der Waals surface area contributed by atoms with Crippen molar-refractivity contribution >= 4 is 76.9 Å². The third-order valence-electron chi connectivity index (χ3n) is 11.6. The number of hydrogen-bond acceptors (Lipinski definition) is 15. The molecule has 1 aliphatic rings. The molecule has 0 radical (unpaired) electrons. The van der Waals surface area contributed by atoms with Gasteiger partial charge < -0.3 is 80.6 Å². The van der Waals surface area contributed by atoms with Crippen LogP contribution in [-0.4, -0.2) is 166 Å². The molecule has 0 saturated carbocycles. The van der Waals surface area contributed by atoms with Gasteiger partial charge in [0.15, 0.2) is 0 Å². The van der Waals surface area contributed by atoms with Gasteiger partial charge in [0.1, 0.15) is 48.3 Å². The largest absolute Gasteiger partial charge is 0.481 e. The number of nitrogens with zero attached hydrogens (tertiary/aromatic N) is 1. The highest BCUT2D eigenvalue weighted by atomic mass is 16.4. The number of carboxylic acids is 2. The summed E-state index contributed by atoms with van der Waals surface area (Å²) in [6.07, 6.45) is -0.775. The zero-order valence-corrected chi connectivity index (χ0v) is 41.8. The molecule has 0 aromatic heterocycles. The van der Waals surface area contributed by atoms with Crippen molar-refractivity contribution < 1.29 is 72.5 Å². The van der Waals surface area contributed by atoms with E-state index in [1.54, 1.807) is 30.3 Å². The number of amides is 11. The first-order valence-corrected chi connectivity index (χ1v) is 24.0. The van der Waals surface area contributed by atoms with Gasteiger partial charge in [0.2, 0.25) is 65.0 Å². The van der Waals surface area contributed by atoms with Crippen molar-refractivity contribution in [2.24, 2.45) is 28.9 Å². The smallest absolute Gasteiger partial charge is 0.326 e. The first-order valence-electron chi connectivity index (χ1n) is 24.0. The summed E-state index contributed by atoms with van der Waals surface area (Å²) in [5.74, 6) is -13.5. The Kier molecular flexibility index (Phi) is 26.1. The molecule has 0 aliphatic carbocycles. The number of nitrogens with two attached hydrogens (primary N) is 4. The Morgan fingerprint density at radius 3 is 1.84 bits per heavy atom. The molecule has 0 bridgehead atoms. The van der Waals surface area contributed by atoms with Gasteiger partial charge in [-0.25, -0.2) is 4.79 Å². The molecule has 11 amide bonds. The number of aliphatic carboxylic acids is 2. The second-order valence-corrected chi connectivity index (χ2v) is 18.1. The van der Waals surface area contributed by atoms with Crippen LogP contribution < -0.4 is 65.5 Å². The molecule has 1 heterocycles. The predicted octanol–water partition coefficient (Wildman–Crippen LogP) is -5.42. The van der Waals surface area contributed by atoms with Crippen molar-refractivity contribution in [2.45, 2.75) is 146 Å². The monoisotopic (exact) mass is 1050 g/mol. The van der Waals surface area contributed by atoms with E-state index in [4.69, 9.17) is 22.9 Å². The second kappa shape index (κ2) is 31.0. The lowest BCUT2D eigenvalue weighted by Gasteiger charge is -2.30. The van der Waals surface area contributed by atoms with Crippen LogP contribution in [0.1, 0.15) is 91.0 Å². The maximum absolute atomic E-state index is 13.9. The minimum absolute atomic E-state index is 0.0206. The predicted molar refractivity (Wildman–Crippen MR) is 261 cm³/mol. The standard InChI is InChI=1S/C46H71N13O15/c1-23(2)37(58-42(69)31(21-36(63)64)56-41(68)29(19-26-11-6-5-7-12-26)55-38(65)24(3)52-39(66)27(48)15-16-33(49)60)44(71)53-25(4)45(72)59-18-10-14-32(59)43(70)57-30(20-34(50)61)40(67)51-22-35(62)54-28(46(73)74)13-8-9-17-47/h5-7,11-12,23-25,27-32,37H,8-10,13-22,47-48H2,1-4H3,(H2,49,60)(H2,50,61)(H,51,67)(H,52,66)(H,53,71)(H,54,62)(H,55,65)(H,56,68)(H,57,70)(H,58,69)(H,63,64)(H,73,74)/t24-,25-,27-,28-,29-,30-,31-,32-,37-/m0/s1. The lowest BCUT2D eigenvalue weighted by atomic mass is 10.0. The molecule has 0 unspecified atom stereocenters. The Hall–Kier alpha value is -7.75. The topological polar surface area (TPSA) is 466 Å². The highest BCUT2D eigenvalue weighted by Crippen LogP contribution is 2.19. The molecular weight excluding hydrogens is 975 g/mol. The number of nitrogens with one attached hydrogen (secondary N) is 8. The Bertz CT molecular complexity index is 2200. The zero-order valence-electron chi connectivity index (χ0n) is 41.8. The molecule has 1 fully saturated rings. The number of carbonyl (C=O) groups excluding carboxylic acids is 11.